The molecule has 1 fully saturated rings. The van der Waals surface area contributed by atoms with Crippen LogP contribution < -0.4 is 10.2 Å². The maximum Gasteiger partial charge on any atom is 0.276 e. The molecule has 130 valence electrons. The minimum Gasteiger partial charge on any atom is -0.370 e. The SMILES string of the molecule is O=C(Nc1ccc(N2CCOCC2=O)cc1)c1n[nH]c2c1CCCC2. The summed E-state index contributed by atoms with van der Waals surface area (Å²) in [6.07, 6.45) is 4.08. The standard InChI is InChI=1S/C18H20N4O3/c23-16-11-25-10-9-22(16)13-7-5-12(6-8-13)19-18(24)17-14-3-1-2-4-15(14)20-21-17/h5-8H,1-4,9-11H2,(H,19,24)(H,20,21). The maximum absolute atomic E-state index is 12.5. The molecular formula is C18H20N4O3. The zero-order valence-electron chi connectivity index (χ0n) is 13.9. The number of nitrogens with one attached hydrogen (secondary N) is 2. The highest BCUT2D eigenvalue weighted by Gasteiger charge is 2.22. The van der Waals surface area contributed by atoms with Crippen molar-refractivity contribution in [3.8, 4) is 0 Å². The lowest BCUT2D eigenvalue weighted by molar-refractivity contribution is -0.125. The van der Waals surface area contributed by atoms with Gasteiger partial charge < -0.3 is 15.0 Å². The summed E-state index contributed by atoms with van der Waals surface area (Å²) in [5.74, 6) is -0.249. The van der Waals surface area contributed by atoms with E-state index in [0.29, 0.717) is 24.5 Å². The minimum atomic E-state index is -0.199. The molecule has 2 heterocycles. The number of amides is 2. The number of anilines is 2. The van der Waals surface area contributed by atoms with E-state index in [4.69, 9.17) is 4.74 Å². The maximum atomic E-state index is 12.5. The van der Waals surface area contributed by atoms with Gasteiger partial charge in [0.25, 0.3) is 11.8 Å². The Balaban J connectivity index is 1.47. The van der Waals surface area contributed by atoms with Crippen molar-refractivity contribution in [3.63, 3.8) is 0 Å². The van der Waals surface area contributed by atoms with E-state index >= 15 is 0 Å². The van der Waals surface area contributed by atoms with Crippen molar-refractivity contribution in [3.05, 3.63) is 41.2 Å². The highest BCUT2D eigenvalue weighted by molar-refractivity contribution is 6.04. The van der Waals surface area contributed by atoms with E-state index in [9.17, 15) is 9.59 Å². The summed E-state index contributed by atoms with van der Waals surface area (Å²) in [4.78, 5) is 26.1. The number of fused-ring (bicyclic) bond motifs is 1. The molecule has 1 aromatic carbocycles. The molecule has 1 aromatic heterocycles. The van der Waals surface area contributed by atoms with Gasteiger partial charge in [-0.05, 0) is 49.9 Å². The second kappa shape index (κ2) is 6.68. The van der Waals surface area contributed by atoms with E-state index in [1.54, 1.807) is 17.0 Å². The number of rotatable bonds is 3. The minimum absolute atomic E-state index is 0.0498. The van der Waals surface area contributed by atoms with Gasteiger partial charge in [0.1, 0.15) is 6.61 Å². The smallest absolute Gasteiger partial charge is 0.276 e. The lowest BCUT2D eigenvalue weighted by Crippen LogP contribution is -2.41. The van der Waals surface area contributed by atoms with Crippen LogP contribution in [0.2, 0.25) is 0 Å². The number of benzene rings is 1. The monoisotopic (exact) mass is 340 g/mol. The van der Waals surface area contributed by atoms with Crippen LogP contribution in [0.15, 0.2) is 24.3 Å². The van der Waals surface area contributed by atoms with Gasteiger partial charge in [0.05, 0.1) is 6.61 Å². The number of carbonyl (C=O) groups is 2. The first-order valence-electron chi connectivity index (χ1n) is 8.58. The van der Waals surface area contributed by atoms with Crippen LogP contribution in [0.4, 0.5) is 11.4 Å². The zero-order chi connectivity index (χ0) is 17.2. The molecular weight excluding hydrogens is 320 g/mol. The summed E-state index contributed by atoms with van der Waals surface area (Å²) in [5.41, 5.74) is 4.10. The normalized spacial score (nSPS) is 17.3. The van der Waals surface area contributed by atoms with Gasteiger partial charge in [0, 0.05) is 29.2 Å². The Labute approximate surface area is 145 Å². The molecule has 1 aliphatic heterocycles. The third-order valence-corrected chi connectivity index (χ3v) is 4.69. The number of aromatic amines is 1. The van der Waals surface area contributed by atoms with Crippen LogP contribution in [-0.2, 0) is 22.4 Å². The molecule has 2 aliphatic rings. The van der Waals surface area contributed by atoms with E-state index in [1.807, 2.05) is 12.1 Å². The van der Waals surface area contributed by atoms with Gasteiger partial charge in [-0.3, -0.25) is 14.7 Å². The molecule has 7 nitrogen and oxygen atoms in total. The Morgan fingerprint density at radius 2 is 2.00 bits per heavy atom. The fraction of sp³-hybridized carbons (Fsp3) is 0.389. The van der Waals surface area contributed by atoms with Crippen molar-refractivity contribution in [2.75, 3.05) is 30.0 Å². The van der Waals surface area contributed by atoms with Crippen LogP contribution in [-0.4, -0.2) is 41.8 Å². The summed E-state index contributed by atoms with van der Waals surface area (Å²) >= 11 is 0. The molecule has 1 aliphatic carbocycles. The van der Waals surface area contributed by atoms with Crippen LogP contribution in [0.25, 0.3) is 0 Å². The fourth-order valence-corrected chi connectivity index (χ4v) is 3.37. The first-order chi connectivity index (χ1) is 12.2. The Kier molecular flexibility index (Phi) is 4.23. The number of hydrogen-bond donors (Lipinski definition) is 2. The van der Waals surface area contributed by atoms with Crippen molar-refractivity contribution in [1.29, 1.82) is 0 Å². The van der Waals surface area contributed by atoms with E-state index in [0.717, 1.165) is 42.6 Å². The van der Waals surface area contributed by atoms with Crippen molar-refractivity contribution in [2.45, 2.75) is 25.7 Å². The van der Waals surface area contributed by atoms with E-state index in [-0.39, 0.29) is 18.4 Å². The molecule has 0 radical (unpaired) electrons. The third-order valence-electron chi connectivity index (χ3n) is 4.69. The van der Waals surface area contributed by atoms with Crippen LogP contribution in [0.5, 0.6) is 0 Å². The number of hydrogen-bond acceptors (Lipinski definition) is 4. The highest BCUT2D eigenvalue weighted by atomic mass is 16.5. The number of nitrogens with zero attached hydrogens (tertiary/aromatic N) is 2. The number of carbonyl (C=O) groups excluding carboxylic acids is 2. The molecule has 4 rings (SSSR count). The van der Waals surface area contributed by atoms with Gasteiger partial charge >= 0.3 is 0 Å². The van der Waals surface area contributed by atoms with Crippen molar-refractivity contribution >= 4 is 23.2 Å². The highest BCUT2D eigenvalue weighted by Crippen LogP contribution is 2.24. The quantitative estimate of drug-likeness (QED) is 0.893. The van der Waals surface area contributed by atoms with Gasteiger partial charge in [-0.15, -0.1) is 0 Å². The predicted octanol–water partition coefficient (Wildman–Crippen LogP) is 1.90. The lowest BCUT2D eigenvalue weighted by Gasteiger charge is -2.26. The Morgan fingerprint density at radius 1 is 1.20 bits per heavy atom. The first kappa shape index (κ1) is 15.8. The van der Waals surface area contributed by atoms with Gasteiger partial charge in [-0.25, -0.2) is 0 Å². The van der Waals surface area contributed by atoms with Crippen molar-refractivity contribution in [1.82, 2.24) is 10.2 Å². The molecule has 7 heteroatoms. The second-order valence-electron chi connectivity index (χ2n) is 6.34. The zero-order valence-corrected chi connectivity index (χ0v) is 13.9. The number of aryl methyl sites for hydroxylation is 1. The molecule has 2 aromatic rings. The van der Waals surface area contributed by atoms with Gasteiger partial charge in [0.15, 0.2) is 5.69 Å². The number of morpholine rings is 1. The number of H-pyrrole nitrogens is 1. The predicted molar refractivity (Wildman–Crippen MR) is 92.8 cm³/mol. The summed E-state index contributed by atoms with van der Waals surface area (Å²) in [5, 5.41) is 10.1. The van der Waals surface area contributed by atoms with Crippen LogP contribution >= 0.6 is 0 Å². The second-order valence-corrected chi connectivity index (χ2v) is 6.34. The topological polar surface area (TPSA) is 87.3 Å². The molecule has 0 spiro atoms. The van der Waals surface area contributed by atoms with Crippen molar-refractivity contribution < 1.29 is 14.3 Å². The molecule has 0 bridgehead atoms. The largest absolute Gasteiger partial charge is 0.370 e. The van der Waals surface area contributed by atoms with Crippen LogP contribution in [0.3, 0.4) is 0 Å². The average molecular weight is 340 g/mol. The first-order valence-corrected chi connectivity index (χ1v) is 8.58. The summed E-state index contributed by atoms with van der Waals surface area (Å²) in [7, 11) is 0. The van der Waals surface area contributed by atoms with Gasteiger partial charge in [-0.1, -0.05) is 0 Å². The summed E-state index contributed by atoms with van der Waals surface area (Å²) in [6, 6.07) is 7.27. The average Bonchev–Trinajstić information content (AvgIpc) is 3.07. The fourth-order valence-electron chi connectivity index (χ4n) is 3.37. The molecule has 1 saturated heterocycles. The lowest BCUT2D eigenvalue weighted by atomic mass is 9.96. The molecule has 0 atom stereocenters. The van der Waals surface area contributed by atoms with E-state index in [1.165, 1.54) is 0 Å². The Hall–Kier alpha value is -2.67. The van der Waals surface area contributed by atoms with E-state index < -0.39 is 0 Å². The molecule has 0 unspecified atom stereocenters. The summed E-state index contributed by atoms with van der Waals surface area (Å²) < 4.78 is 5.14. The Bertz CT molecular complexity index is 797. The molecule has 25 heavy (non-hydrogen) atoms. The third kappa shape index (κ3) is 3.15. The van der Waals surface area contributed by atoms with Gasteiger partial charge in [-0.2, -0.15) is 5.10 Å². The summed E-state index contributed by atoms with van der Waals surface area (Å²) in [6.45, 7) is 1.20. The molecule has 2 N–H and O–H groups in total. The van der Waals surface area contributed by atoms with Crippen LogP contribution in [0, 0.1) is 0 Å². The van der Waals surface area contributed by atoms with Gasteiger partial charge in [0.2, 0.25) is 0 Å². The number of aromatic nitrogens is 2. The number of ether oxygens (including phenoxy) is 1. The van der Waals surface area contributed by atoms with Crippen molar-refractivity contribution in [2.24, 2.45) is 0 Å². The van der Waals surface area contributed by atoms with Crippen LogP contribution in [0.1, 0.15) is 34.6 Å². The molecule has 0 saturated carbocycles. The molecule has 2 amide bonds. The Morgan fingerprint density at radius 3 is 2.80 bits per heavy atom. The van der Waals surface area contributed by atoms with E-state index in [2.05, 4.69) is 15.5 Å².